The molecule has 2 aromatic carbocycles. The summed E-state index contributed by atoms with van der Waals surface area (Å²) in [5.74, 6) is 0. The van der Waals surface area contributed by atoms with Crippen molar-refractivity contribution in [3.05, 3.63) is 66.2 Å². The van der Waals surface area contributed by atoms with Crippen molar-refractivity contribution in [2.24, 2.45) is 5.10 Å². The summed E-state index contributed by atoms with van der Waals surface area (Å²) in [6.45, 7) is 1.78. The Bertz CT molecular complexity index is 536. The zero-order valence-corrected chi connectivity index (χ0v) is 10.8. The number of anilines is 1. The molecule has 0 aliphatic carbocycles. The van der Waals surface area contributed by atoms with Gasteiger partial charge in [-0.15, -0.1) is 0 Å². The number of hydrogen-bond donors (Lipinski definition) is 0. The van der Waals surface area contributed by atoms with Gasteiger partial charge in [0.15, 0.2) is 0 Å². The van der Waals surface area contributed by atoms with Crippen molar-refractivity contribution in [3.8, 4) is 0 Å². The van der Waals surface area contributed by atoms with Gasteiger partial charge in [-0.05, 0) is 24.1 Å². The van der Waals surface area contributed by atoms with Crippen molar-refractivity contribution < 1.29 is 0 Å². The van der Waals surface area contributed by atoms with Crippen molar-refractivity contribution in [3.63, 3.8) is 0 Å². The smallest absolute Gasteiger partial charge is 0.117 e. The Balaban J connectivity index is 1.54. The third kappa shape index (κ3) is 2.94. The maximum atomic E-state index is 4.44. The molecule has 1 aliphatic rings. The Kier molecular flexibility index (Phi) is 3.45. The summed E-state index contributed by atoms with van der Waals surface area (Å²) in [4.78, 5) is 2.16. The SMILES string of the molecule is C1=NN(CCc2ccccc2)CN1c1ccccc1. The highest BCUT2D eigenvalue weighted by molar-refractivity contribution is 5.80. The molecule has 3 heteroatoms. The third-order valence-corrected chi connectivity index (χ3v) is 3.26. The van der Waals surface area contributed by atoms with E-state index in [4.69, 9.17) is 0 Å². The first-order valence-electron chi connectivity index (χ1n) is 6.56. The van der Waals surface area contributed by atoms with Gasteiger partial charge in [0, 0.05) is 12.2 Å². The molecule has 0 spiro atoms. The summed E-state index contributed by atoms with van der Waals surface area (Å²) in [6, 6.07) is 20.9. The molecule has 3 nitrogen and oxygen atoms in total. The van der Waals surface area contributed by atoms with Gasteiger partial charge in [-0.25, -0.2) is 0 Å². The molecule has 0 bridgehead atoms. The second kappa shape index (κ2) is 5.57. The molecule has 0 saturated carbocycles. The summed E-state index contributed by atoms with van der Waals surface area (Å²) >= 11 is 0. The van der Waals surface area contributed by atoms with E-state index in [0.29, 0.717) is 0 Å². The van der Waals surface area contributed by atoms with Gasteiger partial charge in [0.2, 0.25) is 0 Å². The number of rotatable bonds is 4. The molecule has 1 heterocycles. The van der Waals surface area contributed by atoms with Gasteiger partial charge < -0.3 is 4.90 Å². The van der Waals surface area contributed by atoms with Gasteiger partial charge in [-0.2, -0.15) is 5.10 Å². The van der Waals surface area contributed by atoms with Gasteiger partial charge in [0.25, 0.3) is 0 Å². The number of hydrogen-bond acceptors (Lipinski definition) is 3. The maximum absolute atomic E-state index is 4.44. The van der Waals surface area contributed by atoms with Crippen LogP contribution in [0, 0.1) is 0 Å². The highest BCUT2D eigenvalue weighted by atomic mass is 15.6. The van der Waals surface area contributed by atoms with E-state index in [9.17, 15) is 0 Å². The molecule has 3 rings (SSSR count). The fraction of sp³-hybridized carbons (Fsp3) is 0.188. The van der Waals surface area contributed by atoms with Gasteiger partial charge in [-0.1, -0.05) is 48.5 Å². The van der Waals surface area contributed by atoms with E-state index in [-0.39, 0.29) is 0 Å². The maximum Gasteiger partial charge on any atom is 0.117 e. The van der Waals surface area contributed by atoms with E-state index in [0.717, 1.165) is 19.6 Å². The molecular formula is C16H17N3. The van der Waals surface area contributed by atoms with E-state index in [1.165, 1.54) is 11.3 Å². The van der Waals surface area contributed by atoms with Crippen molar-refractivity contribution >= 4 is 12.0 Å². The van der Waals surface area contributed by atoms with E-state index in [1.54, 1.807) is 0 Å². The van der Waals surface area contributed by atoms with Crippen LogP contribution in [0.15, 0.2) is 65.8 Å². The van der Waals surface area contributed by atoms with Crippen LogP contribution in [-0.2, 0) is 6.42 Å². The standard InChI is InChI=1S/C16H17N3/c1-3-7-15(8-4-1)11-12-19-14-18(13-17-19)16-9-5-2-6-10-16/h1-10,13H,11-12,14H2. The fourth-order valence-corrected chi connectivity index (χ4v) is 2.18. The molecule has 2 aromatic rings. The lowest BCUT2D eigenvalue weighted by Gasteiger charge is -2.18. The molecule has 0 unspecified atom stereocenters. The lowest BCUT2D eigenvalue weighted by atomic mass is 10.1. The van der Waals surface area contributed by atoms with Crippen LogP contribution in [-0.4, -0.2) is 24.6 Å². The Morgan fingerprint density at radius 3 is 2.32 bits per heavy atom. The van der Waals surface area contributed by atoms with Crippen LogP contribution >= 0.6 is 0 Å². The van der Waals surface area contributed by atoms with Crippen LogP contribution in [0.1, 0.15) is 5.56 Å². The molecule has 96 valence electrons. The average Bonchev–Trinajstić information content (AvgIpc) is 2.96. The number of para-hydroxylation sites is 1. The molecule has 0 aromatic heterocycles. The number of benzene rings is 2. The normalized spacial score (nSPS) is 14.1. The molecule has 0 fully saturated rings. The van der Waals surface area contributed by atoms with Gasteiger partial charge in [0.05, 0.1) is 0 Å². The Hall–Kier alpha value is -2.29. The van der Waals surface area contributed by atoms with E-state index in [1.807, 2.05) is 12.4 Å². The largest absolute Gasteiger partial charge is 0.311 e. The van der Waals surface area contributed by atoms with E-state index < -0.39 is 0 Å². The predicted octanol–water partition coefficient (Wildman–Crippen LogP) is 2.95. The van der Waals surface area contributed by atoms with E-state index in [2.05, 4.69) is 69.6 Å². The van der Waals surface area contributed by atoms with Gasteiger partial charge in [-0.3, -0.25) is 5.01 Å². The van der Waals surface area contributed by atoms with E-state index >= 15 is 0 Å². The Labute approximate surface area is 113 Å². The second-order valence-electron chi connectivity index (χ2n) is 4.64. The topological polar surface area (TPSA) is 18.8 Å². The molecule has 0 atom stereocenters. The summed E-state index contributed by atoms with van der Waals surface area (Å²) in [5, 5.41) is 6.54. The first-order chi connectivity index (χ1) is 9.42. The summed E-state index contributed by atoms with van der Waals surface area (Å²) < 4.78 is 0. The number of hydrazone groups is 1. The predicted molar refractivity (Wildman–Crippen MR) is 79.1 cm³/mol. The summed E-state index contributed by atoms with van der Waals surface area (Å²) in [5.41, 5.74) is 2.55. The minimum Gasteiger partial charge on any atom is -0.311 e. The van der Waals surface area contributed by atoms with Gasteiger partial charge >= 0.3 is 0 Å². The molecular weight excluding hydrogens is 234 g/mol. The lowest BCUT2D eigenvalue weighted by Crippen LogP contribution is -2.27. The molecule has 0 radical (unpaired) electrons. The zero-order chi connectivity index (χ0) is 12.9. The van der Waals surface area contributed by atoms with Crippen molar-refractivity contribution in [2.45, 2.75) is 6.42 Å². The fourth-order valence-electron chi connectivity index (χ4n) is 2.18. The number of nitrogens with zero attached hydrogens (tertiary/aromatic N) is 3. The highest BCUT2D eigenvalue weighted by Crippen LogP contribution is 2.15. The van der Waals surface area contributed by atoms with Crippen LogP contribution in [0.3, 0.4) is 0 Å². The summed E-state index contributed by atoms with van der Waals surface area (Å²) in [6.07, 6.45) is 2.93. The van der Waals surface area contributed by atoms with Crippen molar-refractivity contribution in [1.82, 2.24) is 5.01 Å². The minimum atomic E-state index is 0.830. The molecule has 0 N–H and O–H groups in total. The van der Waals surface area contributed by atoms with Crippen LogP contribution in [0.2, 0.25) is 0 Å². The van der Waals surface area contributed by atoms with Crippen LogP contribution in [0.5, 0.6) is 0 Å². The Morgan fingerprint density at radius 1 is 0.895 bits per heavy atom. The third-order valence-electron chi connectivity index (χ3n) is 3.26. The monoisotopic (exact) mass is 251 g/mol. The van der Waals surface area contributed by atoms with Crippen LogP contribution in [0.4, 0.5) is 5.69 Å². The van der Waals surface area contributed by atoms with Crippen LogP contribution in [0.25, 0.3) is 0 Å². The average molecular weight is 251 g/mol. The Morgan fingerprint density at radius 2 is 1.58 bits per heavy atom. The van der Waals surface area contributed by atoms with Crippen molar-refractivity contribution in [2.75, 3.05) is 18.1 Å². The highest BCUT2D eigenvalue weighted by Gasteiger charge is 2.14. The lowest BCUT2D eigenvalue weighted by molar-refractivity contribution is 0.323. The van der Waals surface area contributed by atoms with Crippen molar-refractivity contribution in [1.29, 1.82) is 0 Å². The molecule has 1 aliphatic heterocycles. The first-order valence-corrected chi connectivity index (χ1v) is 6.56. The quantitative estimate of drug-likeness (QED) is 0.832. The molecule has 0 saturated heterocycles. The molecule has 0 amide bonds. The zero-order valence-electron chi connectivity index (χ0n) is 10.8. The molecule has 19 heavy (non-hydrogen) atoms. The minimum absolute atomic E-state index is 0.830. The summed E-state index contributed by atoms with van der Waals surface area (Å²) in [7, 11) is 0. The second-order valence-corrected chi connectivity index (χ2v) is 4.64. The van der Waals surface area contributed by atoms with Gasteiger partial charge in [0.1, 0.15) is 13.0 Å². The van der Waals surface area contributed by atoms with Crippen LogP contribution < -0.4 is 4.90 Å². The first kappa shape index (κ1) is 11.8.